The molecule has 0 fully saturated rings. The molecule has 0 aromatic heterocycles. The number of benzene rings is 1. The van der Waals surface area contributed by atoms with Crippen molar-refractivity contribution in [2.24, 2.45) is 11.7 Å². The van der Waals surface area contributed by atoms with Gasteiger partial charge in [-0.15, -0.1) is 0 Å². The number of aliphatic hydroxyl groups is 1. The van der Waals surface area contributed by atoms with Gasteiger partial charge in [0.25, 0.3) is 0 Å². The first-order chi connectivity index (χ1) is 7.49. The van der Waals surface area contributed by atoms with Gasteiger partial charge in [-0.1, -0.05) is 42.3 Å². The molecule has 0 radical (unpaired) electrons. The molecule has 16 heavy (non-hydrogen) atoms. The lowest BCUT2D eigenvalue weighted by atomic mass is 9.91. The van der Waals surface area contributed by atoms with E-state index in [0.717, 1.165) is 6.42 Å². The van der Waals surface area contributed by atoms with Gasteiger partial charge in [0, 0.05) is 10.0 Å². The van der Waals surface area contributed by atoms with Crippen molar-refractivity contribution in [3.63, 3.8) is 0 Å². The molecule has 1 aromatic carbocycles. The largest absolute Gasteiger partial charge is 0.391 e. The molecule has 1 rings (SSSR count). The molecule has 0 saturated carbocycles. The quantitative estimate of drug-likeness (QED) is 0.895. The normalized spacial score (nSPS) is 16.9. The summed E-state index contributed by atoms with van der Waals surface area (Å²) in [6.07, 6.45) is 0.0687. The van der Waals surface area contributed by atoms with Crippen LogP contribution in [0.3, 0.4) is 0 Å². The third-order valence-electron chi connectivity index (χ3n) is 2.93. The van der Waals surface area contributed by atoms with Crippen LogP contribution in [0.2, 0.25) is 0 Å². The number of aliphatic hydroxyl groups excluding tert-OH is 1. The first-order valence-corrected chi connectivity index (χ1v) is 6.15. The standard InChI is InChI=1S/C12H17BrFNO/c1-3-7(2)12(16)11(15)10-8(13)5-4-6-9(10)14/h4-7,11-12,16H,3,15H2,1-2H3/t7?,11-,12+/m0/s1. The summed E-state index contributed by atoms with van der Waals surface area (Å²) in [5, 5.41) is 9.98. The molecule has 0 aliphatic carbocycles. The van der Waals surface area contributed by atoms with Crippen molar-refractivity contribution in [1.29, 1.82) is 0 Å². The lowest BCUT2D eigenvalue weighted by Crippen LogP contribution is -2.32. The van der Waals surface area contributed by atoms with Crippen molar-refractivity contribution < 1.29 is 9.50 Å². The summed E-state index contributed by atoms with van der Waals surface area (Å²) < 4.78 is 14.2. The van der Waals surface area contributed by atoms with Crippen molar-refractivity contribution in [3.05, 3.63) is 34.1 Å². The van der Waals surface area contributed by atoms with Crippen molar-refractivity contribution in [2.45, 2.75) is 32.4 Å². The third-order valence-corrected chi connectivity index (χ3v) is 3.62. The van der Waals surface area contributed by atoms with Gasteiger partial charge in [0.05, 0.1) is 12.1 Å². The Morgan fingerprint density at radius 3 is 2.62 bits per heavy atom. The highest BCUT2D eigenvalue weighted by Gasteiger charge is 2.25. The Balaban J connectivity index is 3.00. The molecular formula is C12H17BrFNO. The van der Waals surface area contributed by atoms with Crippen molar-refractivity contribution in [3.8, 4) is 0 Å². The molecule has 0 aliphatic heterocycles. The maximum atomic E-state index is 13.6. The number of rotatable bonds is 4. The van der Waals surface area contributed by atoms with Crippen molar-refractivity contribution in [2.75, 3.05) is 0 Å². The van der Waals surface area contributed by atoms with E-state index in [1.165, 1.54) is 6.07 Å². The topological polar surface area (TPSA) is 46.2 Å². The van der Waals surface area contributed by atoms with Crippen LogP contribution in [-0.2, 0) is 0 Å². The second kappa shape index (κ2) is 5.75. The van der Waals surface area contributed by atoms with Gasteiger partial charge < -0.3 is 10.8 Å². The minimum atomic E-state index is -0.738. The molecule has 0 amide bonds. The van der Waals surface area contributed by atoms with Gasteiger partial charge in [0.1, 0.15) is 5.82 Å². The van der Waals surface area contributed by atoms with Crippen LogP contribution in [0.4, 0.5) is 4.39 Å². The highest BCUT2D eigenvalue weighted by atomic mass is 79.9. The summed E-state index contributed by atoms with van der Waals surface area (Å²) in [6.45, 7) is 3.87. The zero-order valence-electron chi connectivity index (χ0n) is 9.45. The summed E-state index contributed by atoms with van der Waals surface area (Å²) in [4.78, 5) is 0. The fourth-order valence-electron chi connectivity index (χ4n) is 1.60. The molecule has 90 valence electrons. The Hall–Kier alpha value is -0.450. The lowest BCUT2D eigenvalue weighted by Gasteiger charge is -2.25. The first-order valence-electron chi connectivity index (χ1n) is 5.36. The Morgan fingerprint density at radius 1 is 1.50 bits per heavy atom. The fraction of sp³-hybridized carbons (Fsp3) is 0.500. The van der Waals surface area contributed by atoms with Crippen LogP contribution in [0.1, 0.15) is 31.9 Å². The number of hydrogen-bond acceptors (Lipinski definition) is 2. The van der Waals surface area contributed by atoms with E-state index in [0.29, 0.717) is 10.0 Å². The zero-order valence-corrected chi connectivity index (χ0v) is 11.0. The van der Waals surface area contributed by atoms with Crippen LogP contribution in [0.15, 0.2) is 22.7 Å². The second-order valence-corrected chi connectivity index (χ2v) is 4.89. The molecule has 3 atom stereocenters. The Kier molecular flexibility index (Phi) is 4.89. The molecule has 2 nitrogen and oxygen atoms in total. The number of halogens is 2. The molecule has 0 saturated heterocycles. The highest BCUT2D eigenvalue weighted by molar-refractivity contribution is 9.10. The lowest BCUT2D eigenvalue weighted by molar-refractivity contribution is 0.0865. The maximum absolute atomic E-state index is 13.6. The maximum Gasteiger partial charge on any atom is 0.129 e. The van der Waals surface area contributed by atoms with E-state index in [-0.39, 0.29) is 11.7 Å². The molecule has 0 heterocycles. The smallest absolute Gasteiger partial charge is 0.129 e. The molecule has 0 spiro atoms. The summed E-state index contributed by atoms with van der Waals surface area (Å²) >= 11 is 3.26. The first kappa shape index (κ1) is 13.6. The number of hydrogen-bond donors (Lipinski definition) is 2. The average molecular weight is 290 g/mol. The van der Waals surface area contributed by atoms with Gasteiger partial charge >= 0.3 is 0 Å². The molecule has 3 N–H and O–H groups in total. The van der Waals surface area contributed by atoms with E-state index in [4.69, 9.17) is 5.73 Å². The van der Waals surface area contributed by atoms with Crippen LogP contribution in [0.5, 0.6) is 0 Å². The van der Waals surface area contributed by atoms with Crippen molar-refractivity contribution in [1.82, 2.24) is 0 Å². The van der Waals surface area contributed by atoms with Crippen molar-refractivity contribution >= 4 is 15.9 Å². The van der Waals surface area contributed by atoms with Gasteiger partial charge in [0.2, 0.25) is 0 Å². The molecule has 4 heteroatoms. The predicted octanol–water partition coefficient (Wildman–Crippen LogP) is 3.00. The summed E-state index contributed by atoms with van der Waals surface area (Å²) in [7, 11) is 0. The molecule has 0 aliphatic rings. The zero-order chi connectivity index (χ0) is 12.3. The van der Waals surface area contributed by atoms with E-state index in [2.05, 4.69) is 15.9 Å². The Labute approximate surface area is 104 Å². The highest BCUT2D eigenvalue weighted by Crippen LogP contribution is 2.29. The van der Waals surface area contributed by atoms with Gasteiger partial charge in [-0.3, -0.25) is 0 Å². The fourth-order valence-corrected chi connectivity index (χ4v) is 2.20. The predicted molar refractivity (Wildman–Crippen MR) is 66.5 cm³/mol. The summed E-state index contributed by atoms with van der Waals surface area (Å²) in [5.41, 5.74) is 6.24. The molecule has 1 aromatic rings. The van der Waals surface area contributed by atoms with Gasteiger partial charge in [-0.2, -0.15) is 0 Å². The van der Waals surface area contributed by atoms with Crippen LogP contribution in [0, 0.1) is 11.7 Å². The van der Waals surface area contributed by atoms with Crippen LogP contribution in [0.25, 0.3) is 0 Å². The molecule has 1 unspecified atom stereocenters. The second-order valence-electron chi connectivity index (χ2n) is 4.04. The van der Waals surface area contributed by atoms with Gasteiger partial charge in [0.15, 0.2) is 0 Å². The van der Waals surface area contributed by atoms with Gasteiger partial charge in [-0.25, -0.2) is 4.39 Å². The van der Waals surface area contributed by atoms with E-state index >= 15 is 0 Å². The van der Waals surface area contributed by atoms with E-state index in [1.807, 2.05) is 13.8 Å². The van der Waals surface area contributed by atoms with Crippen LogP contribution < -0.4 is 5.73 Å². The Bertz CT molecular complexity index is 339. The molecular weight excluding hydrogens is 273 g/mol. The van der Waals surface area contributed by atoms with Crippen LogP contribution in [-0.4, -0.2) is 11.2 Å². The average Bonchev–Trinajstić information content (AvgIpc) is 2.26. The molecule has 0 bridgehead atoms. The SMILES string of the molecule is CCC(C)[C@@H](O)[C@@H](N)c1c(F)cccc1Br. The third kappa shape index (κ3) is 2.81. The van der Waals surface area contributed by atoms with E-state index in [9.17, 15) is 9.50 Å². The van der Waals surface area contributed by atoms with Gasteiger partial charge in [-0.05, 0) is 18.1 Å². The van der Waals surface area contributed by atoms with Crippen LogP contribution >= 0.6 is 15.9 Å². The van der Waals surface area contributed by atoms with E-state index < -0.39 is 12.1 Å². The summed E-state index contributed by atoms with van der Waals surface area (Å²) in [5.74, 6) is -0.342. The monoisotopic (exact) mass is 289 g/mol. The van der Waals surface area contributed by atoms with E-state index in [1.54, 1.807) is 12.1 Å². The minimum Gasteiger partial charge on any atom is -0.391 e. The minimum absolute atomic E-state index is 0.0431. The number of nitrogens with two attached hydrogens (primary N) is 1. The summed E-state index contributed by atoms with van der Waals surface area (Å²) in [6, 6.07) is 3.97. The Morgan fingerprint density at radius 2 is 2.12 bits per heavy atom.